The molecule has 0 bridgehead atoms. The molecule has 1 heterocycles. The summed E-state index contributed by atoms with van der Waals surface area (Å²) < 4.78 is 0. The van der Waals surface area contributed by atoms with Gasteiger partial charge >= 0.3 is 0 Å². The number of aryl methyl sites for hydroxylation is 2. The van der Waals surface area contributed by atoms with Gasteiger partial charge in [-0.2, -0.15) is 0 Å². The molecule has 0 aliphatic heterocycles. The second kappa shape index (κ2) is 5.08. The molecule has 2 nitrogen and oxygen atoms in total. The number of aliphatic hydroxyl groups excluding tert-OH is 1. The lowest BCUT2D eigenvalue weighted by atomic mass is 9.97. The number of thiazole rings is 1. The Bertz CT molecular complexity index is 304. The van der Waals surface area contributed by atoms with Crippen LogP contribution in [-0.2, 0) is 6.42 Å². The van der Waals surface area contributed by atoms with Gasteiger partial charge in [0.15, 0.2) is 0 Å². The Morgan fingerprint density at radius 1 is 1.53 bits per heavy atom. The van der Waals surface area contributed by atoms with Gasteiger partial charge in [-0.3, -0.25) is 0 Å². The highest BCUT2D eigenvalue weighted by Gasteiger charge is 2.22. The maximum absolute atomic E-state index is 10.0. The Balaban J connectivity index is 1.77. The fourth-order valence-corrected chi connectivity index (χ4v) is 3.20. The van der Waals surface area contributed by atoms with Gasteiger partial charge in [-0.05, 0) is 38.5 Å². The van der Waals surface area contributed by atoms with Crippen molar-refractivity contribution in [2.24, 2.45) is 5.92 Å². The summed E-state index contributed by atoms with van der Waals surface area (Å²) >= 11 is 1.75. The van der Waals surface area contributed by atoms with Crippen molar-refractivity contribution in [1.82, 2.24) is 4.98 Å². The van der Waals surface area contributed by atoms with Crippen molar-refractivity contribution in [3.63, 3.8) is 0 Å². The smallest absolute Gasteiger partial charge is 0.0896 e. The standard InChI is InChI=1S/C12H19NOS/c1-9-13-8-11(15-9)6-7-12(14)10-4-2-3-5-10/h8,10,12,14H,2-7H2,1H3. The first-order valence-corrected chi connectivity index (χ1v) is 6.67. The molecule has 1 aromatic rings. The molecule has 0 saturated heterocycles. The van der Waals surface area contributed by atoms with E-state index in [1.165, 1.54) is 30.6 Å². The fraction of sp³-hybridized carbons (Fsp3) is 0.750. The van der Waals surface area contributed by atoms with E-state index in [0.717, 1.165) is 17.8 Å². The third-order valence-electron chi connectivity index (χ3n) is 3.30. The van der Waals surface area contributed by atoms with Gasteiger partial charge in [0, 0.05) is 11.1 Å². The Kier molecular flexibility index (Phi) is 3.76. The minimum atomic E-state index is -0.0880. The van der Waals surface area contributed by atoms with Crippen LogP contribution in [0.3, 0.4) is 0 Å². The van der Waals surface area contributed by atoms with Gasteiger partial charge in [-0.1, -0.05) is 12.8 Å². The zero-order chi connectivity index (χ0) is 10.7. The highest BCUT2D eigenvalue weighted by molar-refractivity contribution is 7.11. The summed E-state index contributed by atoms with van der Waals surface area (Å²) in [6.07, 6.45) is 8.82. The Morgan fingerprint density at radius 2 is 2.27 bits per heavy atom. The van der Waals surface area contributed by atoms with Gasteiger partial charge < -0.3 is 5.11 Å². The summed E-state index contributed by atoms with van der Waals surface area (Å²) in [5.41, 5.74) is 0. The van der Waals surface area contributed by atoms with Crippen LogP contribution in [0.15, 0.2) is 6.20 Å². The lowest BCUT2D eigenvalue weighted by molar-refractivity contribution is 0.102. The third kappa shape index (κ3) is 3.02. The van der Waals surface area contributed by atoms with E-state index in [4.69, 9.17) is 0 Å². The highest BCUT2D eigenvalue weighted by atomic mass is 32.1. The second-order valence-corrected chi connectivity index (χ2v) is 5.82. The van der Waals surface area contributed by atoms with Gasteiger partial charge in [0.25, 0.3) is 0 Å². The van der Waals surface area contributed by atoms with E-state index >= 15 is 0 Å². The van der Waals surface area contributed by atoms with Crippen LogP contribution in [0.2, 0.25) is 0 Å². The van der Waals surface area contributed by atoms with E-state index in [1.807, 2.05) is 13.1 Å². The van der Waals surface area contributed by atoms with Crippen molar-refractivity contribution < 1.29 is 5.11 Å². The fourth-order valence-electron chi connectivity index (χ4n) is 2.39. The molecular weight excluding hydrogens is 206 g/mol. The van der Waals surface area contributed by atoms with E-state index in [-0.39, 0.29) is 6.10 Å². The monoisotopic (exact) mass is 225 g/mol. The maximum Gasteiger partial charge on any atom is 0.0896 e. The normalized spacial score (nSPS) is 19.6. The largest absolute Gasteiger partial charge is 0.393 e. The van der Waals surface area contributed by atoms with Crippen LogP contribution in [0.25, 0.3) is 0 Å². The first kappa shape index (κ1) is 11.1. The lowest BCUT2D eigenvalue weighted by Gasteiger charge is -2.16. The quantitative estimate of drug-likeness (QED) is 0.854. The molecule has 2 rings (SSSR count). The molecule has 1 unspecified atom stereocenters. The number of aliphatic hydroxyl groups is 1. The molecule has 84 valence electrons. The van der Waals surface area contributed by atoms with Crippen LogP contribution in [0.1, 0.15) is 42.0 Å². The van der Waals surface area contributed by atoms with Crippen molar-refractivity contribution in [2.45, 2.75) is 51.6 Å². The predicted octanol–water partition coefficient (Wildman–Crippen LogP) is 2.94. The SMILES string of the molecule is Cc1ncc(CCC(O)C2CCCC2)s1. The maximum atomic E-state index is 10.0. The van der Waals surface area contributed by atoms with E-state index in [1.54, 1.807) is 11.3 Å². The predicted molar refractivity (Wildman–Crippen MR) is 63.1 cm³/mol. The molecule has 0 aromatic carbocycles. The van der Waals surface area contributed by atoms with E-state index in [2.05, 4.69) is 4.98 Å². The third-order valence-corrected chi connectivity index (χ3v) is 4.27. The van der Waals surface area contributed by atoms with Gasteiger partial charge in [-0.25, -0.2) is 4.98 Å². The van der Waals surface area contributed by atoms with E-state index in [0.29, 0.717) is 5.92 Å². The first-order chi connectivity index (χ1) is 7.25. The lowest BCUT2D eigenvalue weighted by Crippen LogP contribution is -2.17. The van der Waals surface area contributed by atoms with Crippen LogP contribution in [0.5, 0.6) is 0 Å². The molecule has 1 aromatic heterocycles. The van der Waals surface area contributed by atoms with Crippen molar-refractivity contribution in [2.75, 3.05) is 0 Å². The molecule has 15 heavy (non-hydrogen) atoms. The molecule has 1 aliphatic rings. The number of aromatic nitrogens is 1. The average molecular weight is 225 g/mol. The second-order valence-electron chi connectivity index (χ2n) is 4.50. The van der Waals surface area contributed by atoms with Crippen LogP contribution < -0.4 is 0 Å². The number of hydrogen-bond donors (Lipinski definition) is 1. The molecule has 0 radical (unpaired) electrons. The number of nitrogens with zero attached hydrogens (tertiary/aromatic N) is 1. The molecule has 1 saturated carbocycles. The van der Waals surface area contributed by atoms with Crippen molar-refractivity contribution in [3.8, 4) is 0 Å². The van der Waals surface area contributed by atoms with Gasteiger partial charge in [0.05, 0.1) is 11.1 Å². The van der Waals surface area contributed by atoms with Gasteiger partial charge in [-0.15, -0.1) is 11.3 Å². The van der Waals surface area contributed by atoms with Gasteiger partial charge in [0.2, 0.25) is 0 Å². The molecule has 1 N–H and O–H groups in total. The van der Waals surface area contributed by atoms with Crippen LogP contribution in [0, 0.1) is 12.8 Å². The van der Waals surface area contributed by atoms with Crippen LogP contribution >= 0.6 is 11.3 Å². The van der Waals surface area contributed by atoms with E-state index < -0.39 is 0 Å². The Labute approximate surface area is 95.4 Å². The number of hydrogen-bond acceptors (Lipinski definition) is 3. The topological polar surface area (TPSA) is 33.1 Å². The van der Waals surface area contributed by atoms with Crippen LogP contribution in [0.4, 0.5) is 0 Å². The molecule has 1 fully saturated rings. The van der Waals surface area contributed by atoms with Gasteiger partial charge in [0.1, 0.15) is 0 Å². The average Bonchev–Trinajstić information content (AvgIpc) is 2.84. The summed E-state index contributed by atoms with van der Waals surface area (Å²) in [4.78, 5) is 5.54. The van der Waals surface area contributed by atoms with E-state index in [9.17, 15) is 5.11 Å². The minimum absolute atomic E-state index is 0.0880. The Morgan fingerprint density at radius 3 is 2.87 bits per heavy atom. The summed E-state index contributed by atoms with van der Waals surface area (Å²) in [5, 5.41) is 11.1. The molecule has 0 spiro atoms. The zero-order valence-electron chi connectivity index (χ0n) is 9.28. The summed E-state index contributed by atoms with van der Waals surface area (Å²) in [6.45, 7) is 2.03. The summed E-state index contributed by atoms with van der Waals surface area (Å²) in [6, 6.07) is 0. The zero-order valence-corrected chi connectivity index (χ0v) is 10.1. The van der Waals surface area contributed by atoms with Crippen molar-refractivity contribution in [3.05, 3.63) is 16.1 Å². The highest BCUT2D eigenvalue weighted by Crippen LogP contribution is 2.29. The molecule has 1 aliphatic carbocycles. The summed E-state index contributed by atoms with van der Waals surface area (Å²) in [5.74, 6) is 0.569. The molecular formula is C12H19NOS. The minimum Gasteiger partial charge on any atom is -0.393 e. The van der Waals surface area contributed by atoms with Crippen molar-refractivity contribution >= 4 is 11.3 Å². The molecule has 3 heteroatoms. The molecule has 1 atom stereocenters. The molecule has 0 amide bonds. The first-order valence-electron chi connectivity index (χ1n) is 5.85. The number of rotatable bonds is 4. The Hall–Kier alpha value is -0.410. The summed E-state index contributed by atoms with van der Waals surface area (Å²) in [7, 11) is 0. The van der Waals surface area contributed by atoms with Crippen molar-refractivity contribution in [1.29, 1.82) is 0 Å². The van der Waals surface area contributed by atoms with Crippen LogP contribution in [-0.4, -0.2) is 16.2 Å².